The van der Waals surface area contributed by atoms with Gasteiger partial charge in [0.05, 0.1) is 19.1 Å². The lowest BCUT2D eigenvalue weighted by molar-refractivity contribution is 0.395. The molecule has 2 aromatic carbocycles. The number of aryl methyl sites for hydroxylation is 2. The molecule has 0 spiro atoms. The van der Waals surface area contributed by atoms with Gasteiger partial charge in [0.15, 0.2) is 0 Å². The molecule has 0 aromatic heterocycles. The molecule has 0 radical (unpaired) electrons. The largest absolute Gasteiger partial charge is 0.497 e. The van der Waals surface area contributed by atoms with Gasteiger partial charge in [0.25, 0.3) is 0 Å². The molecule has 0 heterocycles. The van der Waals surface area contributed by atoms with Crippen LogP contribution in [0, 0.1) is 13.8 Å². The highest BCUT2D eigenvalue weighted by Gasteiger charge is 2.21. The molecule has 2 aromatic rings. The Bertz CT molecular complexity index is 831. The summed E-state index contributed by atoms with van der Waals surface area (Å²) < 4.78 is 38.5. The van der Waals surface area contributed by atoms with Crippen LogP contribution in [0.25, 0.3) is 0 Å². The highest BCUT2D eigenvalue weighted by atomic mass is 32.2. The number of benzene rings is 2. The molecular formula is C18H23NO4S. The Labute approximate surface area is 143 Å². The summed E-state index contributed by atoms with van der Waals surface area (Å²) in [6.07, 6.45) is 0. The number of hydrogen-bond donors (Lipinski definition) is 1. The van der Waals surface area contributed by atoms with Crippen LogP contribution in [0.2, 0.25) is 0 Å². The molecule has 0 unspecified atom stereocenters. The summed E-state index contributed by atoms with van der Waals surface area (Å²) in [5.41, 5.74) is 2.70. The SMILES string of the molecule is COc1ccc(OC)c([C@@H](C)NS(=O)(=O)c2ccc(C)c(C)c2)c1. The van der Waals surface area contributed by atoms with Gasteiger partial charge in [-0.25, -0.2) is 13.1 Å². The Morgan fingerprint density at radius 2 is 1.67 bits per heavy atom. The molecule has 0 aliphatic rings. The minimum atomic E-state index is -3.64. The van der Waals surface area contributed by atoms with E-state index in [9.17, 15) is 8.42 Å². The number of nitrogens with one attached hydrogen (secondary N) is 1. The van der Waals surface area contributed by atoms with Crippen molar-refractivity contribution in [2.45, 2.75) is 31.7 Å². The quantitative estimate of drug-likeness (QED) is 0.868. The molecule has 5 nitrogen and oxygen atoms in total. The van der Waals surface area contributed by atoms with E-state index in [4.69, 9.17) is 9.47 Å². The van der Waals surface area contributed by atoms with Crippen LogP contribution >= 0.6 is 0 Å². The van der Waals surface area contributed by atoms with Crippen molar-refractivity contribution in [2.75, 3.05) is 14.2 Å². The predicted molar refractivity (Wildman–Crippen MR) is 94.2 cm³/mol. The average Bonchev–Trinajstić information content (AvgIpc) is 2.56. The Balaban J connectivity index is 2.34. The van der Waals surface area contributed by atoms with Crippen molar-refractivity contribution in [1.29, 1.82) is 0 Å². The third kappa shape index (κ3) is 3.88. The Morgan fingerprint density at radius 3 is 2.25 bits per heavy atom. The maximum absolute atomic E-state index is 12.7. The van der Waals surface area contributed by atoms with Gasteiger partial charge in [0, 0.05) is 11.6 Å². The second-order valence-electron chi connectivity index (χ2n) is 5.70. The maximum atomic E-state index is 12.7. The first-order valence-corrected chi connectivity index (χ1v) is 9.08. The zero-order chi connectivity index (χ0) is 17.9. The van der Waals surface area contributed by atoms with Gasteiger partial charge in [-0.3, -0.25) is 0 Å². The first-order valence-electron chi connectivity index (χ1n) is 7.60. The summed E-state index contributed by atoms with van der Waals surface area (Å²) >= 11 is 0. The fraction of sp³-hybridized carbons (Fsp3) is 0.333. The van der Waals surface area contributed by atoms with E-state index in [0.717, 1.165) is 11.1 Å². The topological polar surface area (TPSA) is 64.6 Å². The van der Waals surface area contributed by atoms with Crippen LogP contribution in [0.4, 0.5) is 0 Å². The molecule has 1 N–H and O–H groups in total. The molecule has 130 valence electrons. The van der Waals surface area contributed by atoms with Gasteiger partial charge in [0.2, 0.25) is 10.0 Å². The number of rotatable bonds is 6. The molecule has 24 heavy (non-hydrogen) atoms. The van der Waals surface area contributed by atoms with Crippen LogP contribution in [0.1, 0.15) is 29.7 Å². The number of ether oxygens (including phenoxy) is 2. The Hall–Kier alpha value is -2.05. The molecule has 0 bridgehead atoms. The molecule has 2 rings (SSSR count). The fourth-order valence-electron chi connectivity index (χ4n) is 2.42. The first-order chi connectivity index (χ1) is 11.3. The monoisotopic (exact) mass is 349 g/mol. The molecule has 6 heteroatoms. The third-order valence-corrected chi connectivity index (χ3v) is 5.56. The van der Waals surface area contributed by atoms with E-state index in [-0.39, 0.29) is 4.90 Å². The molecule has 0 aliphatic heterocycles. The predicted octanol–water partition coefficient (Wildman–Crippen LogP) is 3.36. The van der Waals surface area contributed by atoms with Crippen LogP contribution in [-0.2, 0) is 10.0 Å². The van der Waals surface area contributed by atoms with Crippen molar-refractivity contribution in [3.8, 4) is 11.5 Å². The number of hydrogen-bond acceptors (Lipinski definition) is 4. The van der Waals surface area contributed by atoms with Crippen LogP contribution in [0.3, 0.4) is 0 Å². The van der Waals surface area contributed by atoms with Gasteiger partial charge in [0.1, 0.15) is 11.5 Å². The minimum absolute atomic E-state index is 0.249. The summed E-state index contributed by atoms with van der Waals surface area (Å²) in [6.45, 7) is 5.61. The van der Waals surface area contributed by atoms with E-state index in [2.05, 4.69) is 4.72 Å². The van der Waals surface area contributed by atoms with E-state index in [1.54, 1.807) is 57.5 Å². The van der Waals surface area contributed by atoms with Crippen molar-refractivity contribution in [3.05, 3.63) is 53.1 Å². The molecular weight excluding hydrogens is 326 g/mol. The molecule has 1 atom stereocenters. The van der Waals surface area contributed by atoms with Gasteiger partial charge in [-0.15, -0.1) is 0 Å². The summed E-state index contributed by atoms with van der Waals surface area (Å²) in [7, 11) is -0.521. The lowest BCUT2D eigenvalue weighted by Crippen LogP contribution is -2.27. The highest BCUT2D eigenvalue weighted by Crippen LogP contribution is 2.30. The van der Waals surface area contributed by atoms with Gasteiger partial charge in [-0.05, 0) is 62.2 Å². The molecule has 0 saturated heterocycles. The maximum Gasteiger partial charge on any atom is 0.241 e. The van der Waals surface area contributed by atoms with Crippen molar-refractivity contribution in [1.82, 2.24) is 4.72 Å². The summed E-state index contributed by atoms with van der Waals surface area (Å²) in [4.78, 5) is 0.249. The Kier molecular flexibility index (Phi) is 5.51. The minimum Gasteiger partial charge on any atom is -0.497 e. The fourth-order valence-corrected chi connectivity index (χ4v) is 3.73. The third-order valence-electron chi connectivity index (χ3n) is 4.02. The van der Waals surface area contributed by atoms with Gasteiger partial charge in [-0.1, -0.05) is 6.07 Å². The van der Waals surface area contributed by atoms with Gasteiger partial charge >= 0.3 is 0 Å². The van der Waals surface area contributed by atoms with Crippen molar-refractivity contribution < 1.29 is 17.9 Å². The summed E-state index contributed by atoms with van der Waals surface area (Å²) in [5, 5.41) is 0. The van der Waals surface area contributed by atoms with Crippen molar-refractivity contribution in [2.24, 2.45) is 0 Å². The second kappa shape index (κ2) is 7.23. The van der Waals surface area contributed by atoms with E-state index >= 15 is 0 Å². The molecule has 0 saturated carbocycles. The van der Waals surface area contributed by atoms with E-state index < -0.39 is 16.1 Å². The van der Waals surface area contributed by atoms with Crippen LogP contribution < -0.4 is 14.2 Å². The van der Waals surface area contributed by atoms with E-state index in [1.807, 2.05) is 13.8 Å². The van der Waals surface area contributed by atoms with Crippen LogP contribution in [0.5, 0.6) is 11.5 Å². The first kappa shape index (κ1) is 18.3. The zero-order valence-electron chi connectivity index (χ0n) is 14.6. The summed E-state index contributed by atoms with van der Waals surface area (Å²) in [6, 6.07) is 9.92. The number of sulfonamides is 1. The zero-order valence-corrected chi connectivity index (χ0v) is 15.4. The van der Waals surface area contributed by atoms with Gasteiger partial charge < -0.3 is 9.47 Å². The van der Waals surface area contributed by atoms with E-state index in [0.29, 0.717) is 17.1 Å². The molecule has 0 aliphatic carbocycles. The molecule has 0 amide bonds. The van der Waals surface area contributed by atoms with Crippen molar-refractivity contribution in [3.63, 3.8) is 0 Å². The standard InChI is InChI=1S/C18H23NO4S/c1-12-6-8-16(10-13(12)2)24(20,21)19-14(3)17-11-15(22-4)7-9-18(17)23-5/h6-11,14,19H,1-5H3/t14-/m1/s1. The Morgan fingerprint density at radius 1 is 0.958 bits per heavy atom. The smallest absolute Gasteiger partial charge is 0.241 e. The van der Waals surface area contributed by atoms with E-state index in [1.165, 1.54) is 0 Å². The number of methoxy groups -OCH3 is 2. The summed E-state index contributed by atoms with van der Waals surface area (Å²) in [5.74, 6) is 1.24. The second-order valence-corrected chi connectivity index (χ2v) is 7.41. The van der Waals surface area contributed by atoms with Crippen molar-refractivity contribution >= 4 is 10.0 Å². The average molecular weight is 349 g/mol. The lowest BCUT2D eigenvalue weighted by Gasteiger charge is -2.18. The highest BCUT2D eigenvalue weighted by molar-refractivity contribution is 7.89. The van der Waals surface area contributed by atoms with Crippen LogP contribution in [0.15, 0.2) is 41.3 Å². The van der Waals surface area contributed by atoms with Gasteiger partial charge in [-0.2, -0.15) is 0 Å². The lowest BCUT2D eigenvalue weighted by atomic mass is 10.1. The molecule has 0 fully saturated rings. The normalized spacial score (nSPS) is 12.7. The van der Waals surface area contributed by atoms with Crippen LogP contribution in [-0.4, -0.2) is 22.6 Å².